The van der Waals surface area contributed by atoms with Crippen LogP contribution in [0.15, 0.2) is 58.4 Å². The van der Waals surface area contributed by atoms with E-state index in [4.69, 9.17) is 9.15 Å². The summed E-state index contributed by atoms with van der Waals surface area (Å²) >= 11 is 1.22. The van der Waals surface area contributed by atoms with Crippen LogP contribution in [0.3, 0.4) is 0 Å². The number of carbonyl (C=O) groups excluding carboxylic acids is 1. The molecule has 7 nitrogen and oxygen atoms in total. The summed E-state index contributed by atoms with van der Waals surface area (Å²) in [4.78, 5) is 16.3. The molecule has 1 aromatic carbocycles. The number of hydrogen-bond donors (Lipinski definition) is 1. The smallest absolute Gasteiger partial charge is 0.277 e. The highest BCUT2D eigenvalue weighted by Crippen LogP contribution is 2.25. The Labute approximate surface area is 155 Å². The number of amides is 1. The quantitative estimate of drug-likeness (QED) is 0.640. The van der Waals surface area contributed by atoms with Crippen LogP contribution in [0.1, 0.15) is 12.5 Å². The Morgan fingerprint density at radius 3 is 2.77 bits per heavy atom. The van der Waals surface area contributed by atoms with Crippen molar-refractivity contribution < 1.29 is 13.9 Å². The molecule has 0 aliphatic heterocycles. The van der Waals surface area contributed by atoms with Gasteiger partial charge in [-0.2, -0.15) is 0 Å². The molecule has 0 fully saturated rings. The molecule has 0 aliphatic rings. The van der Waals surface area contributed by atoms with Gasteiger partial charge < -0.3 is 14.5 Å². The van der Waals surface area contributed by atoms with Gasteiger partial charge in [-0.15, -0.1) is 10.2 Å². The molecule has 3 aromatic rings. The number of aromatic nitrogens is 3. The lowest BCUT2D eigenvalue weighted by atomic mass is 10.2. The Morgan fingerprint density at radius 2 is 2.08 bits per heavy atom. The number of methoxy groups -OCH3 is 1. The second kappa shape index (κ2) is 8.48. The molecule has 0 aliphatic carbocycles. The maximum Gasteiger partial charge on any atom is 0.277 e. The van der Waals surface area contributed by atoms with Crippen molar-refractivity contribution in [1.82, 2.24) is 20.5 Å². The van der Waals surface area contributed by atoms with E-state index in [0.29, 0.717) is 17.7 Å². The number of nitrogens with one attached hydrogen (secondary N) is 1. The van der Waals surface area contributed by atoms with Crippen LogP contribution in [-0.4, -0.2) is 33.4 Å². The van der Waals surface area contributed by atoms with Gasteiger partial charge in [-0.1, -0.05) is 23.9 Å². The minimum absolute atomic E-state index is 0.105. The third-order valence-corrected chi connectivity index (χ3v) is 4.52. The van der Waals surface area contributed by atoms with E-state index in [1.165, 1.54) is 11.8 Å². The Kier molecular flexibility index (Phi) is 5.85. The maximum absolute atomic E-state index is 12.3. The van der Waals surface area contributed by atoms with E-state index in [1.807, 2.05) is 30.3 Å². The predicted octanol–water partition coefficient (Wildman–Crippen LogP) is 2.94. The van der Waals surface area contributed by atoms with Crippen molar-refractivity contribution in [2.75, 3.05) is 7.11 Å². The molecule has 26 heavy (non-hydrogen) atoms. The second-order valence-electron chi connectivity index (χ2n) is 5.44. The summed E-state index contributed by atoms with van der Waals surface area (Å²) in [7, 11) is 1.62. The molecule has 0 radical (unpaired) electrons. The van der Waals surface area contributed by atoms with E-state index in [9.17, 15) is 4.79 Å². The summed E-state index contributed by atoms with van der Waals surface area (Å²) in [5.74, 6) is 1.06. The third-order valence-electron chi connectivity index (χ3n) is 3.59. The number of rotatable bonds is 7. The number of ether oxygens (including phenoxy) is 1. The standard InChI is InChI=1S/C18H18N4O3S/c1-12(16(23)20-10-13-5-7-15(24-2)8-6-13)26-18-22-21-17(25-18)14-4-3-9-19-11-14/h3-9,11-12H,10H2,1-2H3,(H,20,23)/t12-/m0/s1. The SMILES string of the molecule is COc1ccc(CNC(=O)[C@H](C)Sc2nnc(-c3cccnc3)o2)cc1. The van der Waals surface area contributed by atoms with Gasteiger partial charge in [0.05, 0.1) is 17.9 Å². The van der Waals surface area contributed by atoms with Gasteiger partial charge in [-0.25, -0.2) is 0 Å². The Morgan fingerprint density at radius 1 is 1.27 bits per heavy atom. The molecule has 1 atom stereocenters. The summed E-state index contributed by atoms with van der Waals surface area (Å²) in [5, 5.41) is 10.8. The summed E-state index contributed by atoms with van der Waals surface area (Å²) in [6.45, 7) is 2.24. The van der Waals surface area contributed by atoms with Crippen LogP contribution in [0.2, 0.25) is 0 Å². The Balaban J connectivity index is 1.53. The van der Waals surface area contributed by atoms with Gasteiger partial charge in [0.2, 0.25) is 11.8 Å². The van der Waals surface area contributed by atoms with Crippen molar-refractivity contribution >= 4 is 17.7 Å². The monoisotopic (exact) mass is 370 g/mol. The maximum atomic E-state index is 12.3. The normalized spacial score (nSPS) is 11.8. The molecule has 1 amide bonds. The average Bonchev–Trinajstić information content (AvgIpc) is 3.15. The second-order valence-corrected chi connectivity index (χ2v) is 6.73. The molecule has 0 saturated heterocycles. The van der Waals surface area contributed by atoms with Gasteiger partial charge >= 0.3 is 0 Å². The van der Waals surface area contributed by atoms with Crippen LogP contribution in [-0.2, 0) is 11.3 Å². The van der Waals surface area contributed by atoms with Crippen molar-refractivity contribution in [1.29, 1.82) is 0 Å². The van der Waals surface area contributed by atoms with Gasteiger partial charge in [-0.05, 0) is 36.8 Å². The van der Waals surface area contributed by atoms with E-state index in [0.717, 1.165) is 16.9 Å². The van der Waals surface area contributed by atoms with Crippen molar-refractivity contribution in [2.45, 2.75) is 23.9 Å². The molecule has 0 unspecified atom stereocenters. The lowest BCUT2D eigenvalue weighted by Gasteiger charge is -2.10. The number of pyridine rings is 1. The summed E-state index contributed by atoms with van der Waals surface area (Å²) < 4.78 is 10.7. The molecule has 0 bridgehead atoms. The minimum Gasteiger partial charge on any atom is -0.497 e. The highest BCUT2D eigenvalue weighted by Gasteiger charge is 2.18. The van der Waals surface area contributed by atoms with Crippen LogP contribution in [0.4, 0.5) is 0 Å². The van der Waals surface area contributed by atoms with Gasteiger partial charge in [0.15, 0.2) is 0 Å². The first-order chi connectivity index (χ1) is 12.7. The molecule has 134 valence electrons. The van der Waals surface area contributed by atoms with E-state index in [-0.39, 0.29) is 11.2 Å². The molecular weight excluding hydrogens is 352 g/mol. The van der Waals surface area contributed by atoms with Gasteiger partial charge in [0.25, 0.3) is 5.22 Å². The topological polar surface area (TPSA) is 90.1 Å². The zero-order valence-corrected chi connectivity index (χ0v) is 15.2. The molecule has 2 heterocycles. The zero-order valence-electron chi connectivity index (χ0n) is 14.4. The molecule has 0 spiro atoms. The zero-order chi connectivity index (χ0) is 18.4. The van der Waals surface area contributed by atoms with Crippen molar-refractivity contribution in [3.8, 4) is 17.2 Å². The van der Waals surface area contributed by atoms with Crippen LogP contribution < -0.4 is 10.1 Å². The van der Waals surface area contributed by atoms with Crippen molar-refractivity contribution in [2.24, 2.45) is 0 Å². The van der Waals surface area contributed by atoms with E-state index >= 15 is 0 Å². The number of carbonyl (C=O) groups is 1. The first kappa shape index (κ1) is 17.9. The summed E-state index contributed by atoms with van der Waals surface area (Å²) in [5.41, 5.74) is 1.73. The van der Waals surface area contributed by atoms with Crippen molar-refractivity contribution in [3.63, 3.8) is 0 Å². The molecule has 1 N–H and O–H groups in total. The molecule has 2 aromatic heterocycles. The van der Waals surface area contributed by atoms with Crippen LogP contribution in [0.25, 0.3) is 11.5 Å². The summed E-state index contributed by atoms with van der Waals surface area (Å²) in [6, 6.07) is 11.2. The lowest BCUT2D eigenvalue weighted by molar-refractivity contribution is -0.120. The highest BCUT2D eigenvalue weighted by molar-refractivity contribution is 8.00. The molecular formula is C18H18N4O3S. The molecule has 8 heteroatoms. The average molecular weight is 370 g/mol. The van der Waals surface area contributed by atoms with E-state index < -0.39 is 0 Å². The fourth-order valence-electron chi connectivity index (χ4n) is 2.14. The summed E-state index contributed by atoms with van der Waals surface area (Å²) in [6.07, 6.45) is 3.32. The fourth-order valence-corrected chi connectivity index (χ4v) is 2.85. The van der Waals surface area contributed by atoms with Crippen molar-refractivity contribution in [3.05, 3.63) is 54.4 Å². The lowest BCUT2D eigenvalue weighted by Crippen LogP contribution is -2.30. The predicted molar refractivity (Wildman–Crippen MR) is 97.7 cm³/mol. The third kappa shape index (κ3) is 4.60. The number of thioether (sulfide) groups is 1. The van der Waals surface area contributed by atoms with Gasteiger partial charge in [0.1, 0.15) is 5.75 Å². The largest absolute Gasteiger partial charge is 0.497 e. The van der Waals surface area contributed by atoms with Crippen LogP contribution in [0.5, 0.6) is 5.75 Å². The Bertz CT molecular complexity index is 852. The molecule has 3 rings (SSSR count). The number of benzene rings is 1. The molecule has 0 saturated carbocycles. The minimum atomic E-state index is -0.365. The highest BCUT2D eigenvalue weighted by atomic mass is 32.2. The first-order valence-electron chi connectivity index (χ1n) is 7.97. The first-order valence-corrected chi connectivity index (χ1v) is 8.85. The van der Waals surface area contributed by atoms with E-state index in [1.54, 1.807) is 32.5 Å². The van der Waals surface area contributed by atoms with E-state index in [2.05, 4.69) is 20.5 Å². The number of nitrogens with zero attached hydrogens (tertiary/aromatic N) is 3. The number of hydrogen-bond acceptors (Lipinski definition) is 7. The van der Waals surface area contributed by atoms with Crippen LogP contribution >= 0.6 is 11.8 Å². The van der Waals surface area contributed by atoms with Crippen LogP contribution in [0, 0.1) is 0 Å². The van der Waals surface area contributed by atoms with Gasteiger partial charge in [-0.3, -0.25) is 9.78 Å². The fraction of sp³-hybridized carbons (Fsp3) is 0.222. The van der Waals surface area contributed by atoms with Gasteiger partial charge in [0, 0.05) is 18.9 Å². The Hall–Kier alpha value is -2.87.